The highest BCUT2D eigenvalue weighted by molar-refractivity contribution is 6.04. The third-order valence-corrected chi connectivity index (χ3v) is 3.02. The summed E-state index contributed by atoms with van der Waals surface area (Å²) in [5, 5.41) is 4.02. The summed E-state index contributed by atoms with van der Waals surface area (Å²) in [5.74, 6) is -0.366. The fourth-order valence-corrected chi connectivity index (χ4v) is 1.89. The first-order valence-corrected chi connectivity index (χ1v) is 5.61. The Morgan fingerprint density at radius 3 is 2.76 bits per heavy atom. The zero-order chi connectivity index (χ0) is 12.3. The van der Waals surface area contributed by atoms with E-state index in [2.05, 4.69) is 5.16 Å². The number of benzene rings is 1. The van der Waals surface area contributed by atoms with Crippen LogP contribution >= 0.6 is 0 Å². The molecular weight excluding hydrogens is 218 g/mol. The van der Waals surface area contributed by atoms with Gasteiger partial charge < -0.3 is 9.57 Å². The molecule has 1 atom stereocenters. The highest BCUT2D eigenvalue weighted by Gasteiger charge is 2.46. The van der Waals surface area contributed by atoms with Gasteiger partial charge in [-0.1, -0.05) is 42.4 Å². The highest BCUT2D eigenvalue weighted by atomic mass is 16.7. The summed E-state index contributed by atoms with van der Waals surface area (Å²) in [7, 11) is 1.36. The van der Waals surface area contributed by atoms with E-state index in [0.29, 0.717) is 12.8 Å². The summed E-state index contributed by atoms with van der Waals surface area (Å²) in [5.41, 5.74) is 0.824. The van der Waals surface area contributed by atoms with Crippen molar-refractivity contribution in [2.75, 3.05) is 7.11 Å². The molecule has 1 heterocycles. The smallest absolute Gasteiger partial charge is 0.353 e. The molecule has 90 valence electrons. The number of ether oxygens (including phenoxy) is 1. The second-order valence-electron chi connectivity index (χ2n) is 4.01. The van der Waals surface area contributed by atoms with E-state index in [9.17, 15) is 4.79 Å². The number of hydrogen-bond donors (Lipinski definition) is 0. The minimum Gasteiger partial charge on any atom is -0.466 e. The lowest BCUT2D eigenvalue weighted by Crippen LogP contribution is -2.39. The molecule has 0 aromatic heterocycles. The van der Waals surface area contributed by atoms with Crippen LogP contribution in [0.15, 0.2) is 35.5 Å². The molecule has 1 unspecified atom stereocenters. The average molecular weight is 233 g/mol. The topological polar surface area (TPSA) is 47.9 Å². The number of hydrogen-bond acceptors (Lipinski definition) is 4. The summed E-state index contributed by atoms with van der Waals surface area (Å²) < 4.78 is 4.78. The van der Waals surface area contributed by atoms with Crippen LogP contribution in [0.25, 0.3) is 0 Å². The molecule has 17 heavy (non-hydrogen) atoms. The van der Waals surface area contributed by atoms with Crippen LogP contribution in [-0.4, -0.2) is 24.4 Å². The Morgan fingerprint density at radius 1 is 1.47 bits per heavy atom. The zero-order valence-electron chi connectivity index (χ0n) is 9.97. The van der Waals surface area contributed by atoms with E-state index in [4.69, 9.17) is 9.57 Å². The van der Waals surface area contributed by atoms with Crippen molar-refractivity contribution >= 4 is 11.7 Å². The van der Waals surface area contributed by atoms with Crippen LogP contribution in [0.5, 0.6) is 0 Å². The molecule has 1 aromatic rings. The van der Waals surface area contributed by atoms with E-state index < -0.39 is 5.60 Å². The predicted octanol–water partition coefficient (Wildman–Crippen LogP) is 2.13. The first-order chi connectivity index (χ1) is 8.22. The first-order valence-electron chi connectivity index (χ1n) is 5.61. The summed E-state index contributed by atoms with van der Waals surface area (Å²) in [6.07, 6.45) is 1.000. The predicted molar refractivity (Wildman–Crippen MR) is 63.7 cm³/mol. The number of methoxy groups -OCH3 is 1. The van der Waals surface area contributed by atoms with Crippen LogP contribution in [0.4, 0.5) is 0 Å². The van der Waals surface area contributed by atoms with Crippen molar-refractivity contribution in [2.24, 2.45) is 5.16 Å². The lowest BCUT2D eigenvalue weighted by Gasteiger charge is -2.21. The number of oxime groups is 1. The van der Waals surface area contributed by atoms with Crippen LogP contribution in [0, 0.1) is 0 Å². The van der Waals surface area contributed by atoms with E-state index in [1.807, 2.05) is 37.3 Å². The molecule has 0 N–H and O–H groups in total. The SMILES string of the molecule is CCC1(C(=O)OC)CC(c2ccccc2)=NO1. The molecule has 0 saturated heterocycles. The van der Waals surface area contributed by atoms with Gasteiger partial charge in [0.25, 0.3) is 0 Å². The van der Waals surface area contributed by atoms with Gasteiger partial charge in [0.15, 0.2) is 0 Å². The molecule has 0 radical (unpaired) electrons. The Morgan fingerprint density at radius 2 is 2.18 bits per heavy atom. The molecule has 2 rings (SSSR count). The van der Waals surface area contributed by atoms with Crippen LogP contribution in [0.1, 0.15) is 25.3 Å². The molecule has 1 aliphatic rings. The Hall–Kier alpha value is -1.84. The Labute approximate surface area is 100 Å². The van der Waals surface area contributed by atoms with E-state index in [1.165, 1.54) is 7.11 Å². The number of carbonyl (C=O) groups is 1. The molecule has 1 aliphatic heterocycles. The van der Waals surface area contributed by atoms with E-state index in [-0.39, 0.29) is 5.97 Å². The third-order valence-electron chi connectivity index (χ3n) is 3.02. The van der Waals surface area contributed by atoms with Crippen molar-refractivity contribution in [2.45, 2.75) is 25.4 Å². The summed E-state index contributed by atoms with van der Waals surface area (Å²) >= 11 is 0. The monoisotopic (exact) mass is 233 g/mol. The molecular formula is C13H15NO3. The molecule has 0 aliphatic carbocycles. The average Bonchev–Trinajstić information content (AvgIpc) is 2.84. The van der Waals surface area contributed by atoms with Gasteiger partial charge in [-0.2, -0.15) is 0 Å². The van der Waals surface area contributed by atoms with Crippen molar-refractivity contribution in [3.05, 3.63) is 35.9 Å². The number of nitrogens with zero attached hydrogens (tertiary/aromatic N) is 1. The Balaban J connectivity index is 2.20. The molecule has 0 bridgehead atoms. The van der Waals surface area contributed by atoms with Crippen LogP contribution in [0.2, 0.25) is 0 Å². The summed E-state index contributed by atoms with van der Waals surface area (Å²) in [6, 6.07) is 9.70. The van der Waals surface area contributed by atoms with E-state index in [1.54, 1.807) is 0 Å². The molecule has 0 amide bonds. The van der Waals surface area contributed by atoms with Gasteiger partial charge in [0.1, 0.15) is 0 Å². The third kappa shape index (κ3) is 2.02. The van der Waals surface area contributed by atoms with Crippen molar-refractivity contribution in [3.63, 3.8) is 0 Å². The standard InChI is InChI=1S/C13H15NO3/c1-3-13(12(15)16-2)9-11(14-17-13)10-7-5-4-6-8-10/h4-8H,3,9H2,1-2H3. The molecule has 0 saturated carbocycles. The van der Waals surface area contributed by atoms with Gasteiger partial charge in [-0.05, 0) is 12.0 Å². The van der Waals surface area contributed by atoms with Crippen LogP contribution in [-0.2, 0) is 14.4 Å². The first kappa shape index (κ1) is 11.6. The Bertz CT molecular complexity index is 441. The fourth-order valence-electron chi connectivity index (χ4n) is 1.89. The van der Waals surface area contributed by atoms with Gasteiger partial charge in [-0.25, -0.2) is 4.79 Å². The maximum atomic E-state index is 11.7. The van der Waals surface area contributed by atoms with E-state index >= 15 is 0 Å². The van der Waals surface area contributed by atoms with E-state index in [0.717, 1.165) is 11.3 Å². The molecule has 0 spiro atoms. The van der Waals surface area contributed by atoms with Gasteiger partial charge in [0.2, 0.25) is 5.60 Å². The zero-order valence-corrected chi connectivity index (χ0v) is 9.97. The van der Waals surface area contributed by atoms with Gasteiger partial charge in [-0.15, -0.1) is 0 Å². The van der Waals surface area contributed by atoms with Gasteiger partial charge >= 0.3 is 5.97 Å². The molecule has 0 fully saturated rings. The molecule has 4 nitrogen and oxygen atoms in total. The maximum Gasteiger partial charge on any atom is 0.353 e. The number of carbonyl (C=O) groups excluding carboxylic acids is 1. The molecule has 1 aromatic carbocycles. The minimum atomic E-state index is -0.945. The van der Waals surface area contributed by atoms with Crippen LogP contribution < -0.4 is 0 Å². The summed E-state index contributed by atoms with van der Waals surface area (Å²) in [4.78, 5) is 17.0. The van der Waals surface area contributed by atoms with Crippen molar-refractivity contribution in [1.29, 1.82) is 0 Å². The summed E-state index contributed by atoms with van der Waals surface area (Å²) in [6.45, 7) is 1.89. The second kappa shape index (κ2) is 4.57. The largest absolute Gasteiger partial charge is 0.466 e. The lowest BCUT2D eigenvalue weighted by molar-refractivity contribution is -0.166. The Kier molecular flexibility index (Phi) is 3.13. The number of esters is 1. The maximum absolute atomic E-state index is 11.7. The normalized spacial score (nSPS) is 22.8. The van der Waals surface area contributed by atoms with Crippen molar-refractivity contribution in [1.82, 2.24) is 0 Å². The van der Waals surface area contributed by atoms with Gasteiger partial charge in [0, 0.05) is 6.42 Å². The van der Waals surface area contributed by atoms with Crippen molar-refractivity contribution < 1.29 is 14.4 Å². The van der Waals surface area contributed by atoms with Crippen molar-refractivity contribution in [3.8, 4) is 0 Å². The van der Waals surface area contributed by atoms with Gasteiger partial charge in [-0.3, -0.25) is 0 Å². The molecule has 4 heteroatoms. The number of rotatable bonds is 3. The fraction of sp³-hybridized carbons (Fsp3) is 0.385. The van der Waals surface area contributed by atoms with Crippen LogP contribution in [0.3, 0.4) is 0 Å². The lowest BCUT2D eigenvalue weighted by atomic mass is 9.92. The van der Waals surface area contributed by atoms with Gasteiger partial charge in [0.05, 0.1) is 12.8 Å². The quantitative estimate of drug-likeness (QED) is 0.751. The second-order valence-corrected chi connectivity index (χ2v) is 4.01. The highest BCUT2D eigenvalue weighted by Crippen LogP contribution is 2.30. The minimum absolute atomic E-state index is 0.366.